The van der Waals surface area contributed by atoms with Crippen LogP contribution in [-0.4, -0.2) is 34.4 Å². The maximum Gasteiger partial charge on any atom is 0.0465 e. The minimum absolute atomic E-state index is 0.404. The van der Waals surface area contributed by atoms with Crippen LogP contribution in [0.4, 0.5) is 5.69 Å². The summed E-state index contributed by atoms with van der Waals surface area (Å²) in [5.41, 5.74) is 2.61. The molecule has 0 saturated carbocycles. The lowest BCUT2D eigenvalue weighted by Crippen LogP contribution is -2.28. The summed E-state index contributed by atoms with van der Waals surface area (Å²) in [4.78, 5) is 2.13. The number of methoxy groups -OCH3 is 1. The topological polar surface area (TPSA) is 24.5 Å². The number of hydrogen-bond donors (Lipinski definition) is 1. The zero-order chi connectivity index (χ0) is 15.0. The van der Waals surface area contributed by atoms with Gasteiger partial charge in [0.2, 0.25) is 0 Å². The quantitative estimate of drug-likeness (QED) is 0.748. The van der Waals surface area contributed by atoms with Crippen molar-refractivity contribution < 1.29 is 4.74 Å². The van der Waals surface area contributed by atoms with E-state index in [0.29, 0.717) is 12.0 Å². The number of rotatable bonds is 9. The van der Waals surface area contributed by atoms with Gasteiger partial charge in [0.15, 0.2) is 0 Å². The Morgan fingerprint density at radius 3 is 2.35 bits per heavy atom. The van der Waals surface area contributed by atoms with Crippen LogP contribution in [0.1, 0.15) is 38.3 Å². The standard InChI is InChI=1S/C17H30N2O/c1-6-12-18-17(14(2)11-13-20-5)15-7-9-16(10-8-15)19(3)4/h7-10,14,17-18H,6,11-13H2,1-5H3. The maximum absolute atomic E-state index is 5.22. The fraction of sp³-hybridized carbons (Fsp3) is 0.647. The maximum atomic E-state index is 5.22. The van der Waals surface area contributed by atoms with E-state index in [4.69, 9.17) is 4.74 Å². The van der Waals surface area contributed by atoms with Crippen molar-refractivity contribution in [1.82, 2.24) is 5.32 Å². The van der Waals surface area contributed by atoms with Crippen molar-refractivity contribution in [3.63, 3.8) is 0 Å². The summed E-state index contributed by atoms with van der Waals surface area (Å²) in [6.45, 7) is 6.38. The van der Waals surface area contributed by atoms with E-state index in [2.05, 4.69) is 62.4 Å². The second-order valence-corrected chi connectivity index (χ2v) is 5.68. The Morgan fingerprint density at radius 1 is 1.20 bits per heavy atom. The molecule has 0 fully saturated rings. The minimum atomic E-state index is 0.404. The van der Waals surface area contributed by atoms with Gasteiger partial charge in [-0.05, 0) is 43.0 Å². The van der Waals surface area contributed by atoms with Gasteiger partial charge in [0.25, 0.3) is 0 Å². The van der Waals surface area contributed by atoms with Crippen LogP contribution in [0.2, 0.25) is 0 Å². The van der Waals surface area contributed by atoms with Gasteiger partial charge in [-0.3, -0.25) is 0 Å². The van der Waals surface area contributed by atoms with Crippen LogP contribution in [0, 0.1) is 5.92 Å². The lowest BCUT2D eigenvalue weighted by atomic mass is 9.92. The number of nitrogens with one attached hydrogen (secondary N) is 1. The predicted molar refractivity (Wildman–Crippen MR) is 87.5 cm³/mol. The summed E-state index contributed by atoms with van der Waals surface area (Å²) >= 11 is 0. The minimum Gasteiger partial charge on any atom is -0.385 e. The summed E-state index contributed by atoms with van der Waals surface area (Å²) in [6, 6.07) is 9.27. The molecule has 1 N–H and O–H groups in total. The molecule has 0 aliphatic heterocycles. The third kappa shape index (κ3) is 5.14. The lowest BCUT2D eigenvalue weighted by molar-refractivity contribution is 0.170. The fourth-order valence-corrected chi connectivity index (χ4v) is 2.40. The van der Waals surface area contributed by atoms with Gasteiger partial charge >= 0.3 is 0 Å². The molecule has 0 radical (unpaired) electrons. The smallest absolute Gasteiger partial charge is 0.0465 e. The average Bonchev–Trinajstić information content (AvgIpc) is 2.46. The first kappa shape index (κ1) is 17.0. The van der Waals surface area contributed by atoms with Gasteiger partial charge in [0.05, 0.1) is 0 Å². The van der Waals surface area contributed by atoms with E-state index in [1.807, 2.05) is 0 Å². The fourth-order valence-electron chi connectivity index (χ4n) is 2.40. The monoisotopic (exact) mass is 278 g/mol. The van der Waals surface area contributed by atoms with E-state index in [1.165, 1.54) is 11.3 Å². The second kappa shape index (κ2) is 8.98. The summed E-state index contributed by atoms with van der Waals surface area (Å²) in [7, 11) is 5.92. The van der Waals surface area contributed by atoms with Gasteiger partial charge in [-0.15, -0.1) is 0 Å². The molecule has 2 atom stereocenters. The molecule has 0 aliphatic carbocycles. The molecular formula is C17H30N2O. The van der Waals surface area contributed by atoms with Gasteiger partial charge in [-0.1, -0.05) is 26.0 Å². The molecule has 0 heterocycles. The van der Waals surface area contributed by atoms with E-state index in [-0.39, 0.29) is 0 Å². The van der Waals surface area contributed by atoms with Gasteiger partial charge in [-0.2, -0.15) is 0 Å². The van der Waals surface area contributed by atoms with Crippen molar-refractivity contribution in [2.45, 2.75) is 32.7 Å². The summed E-state index contributed by atoms with van der Waals surface area (Å²) in [5.74, 6) is 0.562. The van der Waals surface area contributed by atoms with Crippen molar-refractivity contribution in [2.24, 2.45) is 5.92 Å². The van der Waals surface area contributed by atoms with Crippen molar-refractivity contribution in [1.29, 1.82) is 0 Å². The van der Waals surface area contributed by atoms with Gasteiger partial charge in [0.1, 0.15) is 0 Å². The summed E-state index contributed by atoms with van der Waals surface area (Å²) < 4.78 is 5.22. The molecule has 0 spiro atoms. The summed E-state index contributed by atoms with van der Waals surface area (Å²) in [6.07, 6.45) is 2.23. The van der Waals surface area contributed by atoms with Crippen molar-refractivity contribution in [3.8, 4) is 0 Å². The van der Waals surface area contributed by atoms with E-state index in [1.54, 1.807) is 7.11 Å². The lowest BCUT2D eigenvalue weighted by Gasteiger charge is -2.26. The Morgan fingerprint density at radius 2 is 1.85 bits per heavy atom. The SMILES string of the molecule is CCCNC(c1ccc(N(C)C)cc1)C(C)CCOC. The number of benzene rings is 1. The van der Waals surface area contributed by atoms with Crippen LogP contribution in [0.25, 0.3) is 0 Å². The van der Waals surface area contributed by atoms with E-state index in [0.717, 1.165) is 26.0 Å². The van der Waals surface area contributed by atoms with Crippen LogP contribution in [0.5, 0.6) is 0 Å². The normalized spacial score (nSPS) is 14.1. The van der Waals surface area contributed by atoms with Gasteiger partial charge < -0.3 is 15.0 Å². The summed E-state index contributed by atoms with van der Waals surface area (Å²) in [5, 5.41) is 3.67. The number of ether oxygens (including phenoxy) is 1. The molecule has 114 valence electrons. The highest BCUT2D eigenvalue weighted by atomic mass is 16.5. The van der Waals surface area contributed by atoms with E-state index >= 15 is 0 Å². The van der Waals surface area contributed by atoms with Gasteiger partial charge in [-0.25, -0.2) is 0 Å². The van der Waals surface area contributed by atoms with Crippen LogP contribution in [0.3, 0.4) is 0 Å². The molecular weight excluding hydrogens is 248 g/mol. The van der Waals surface area contributed by atoms with Crippen LogP contribution in [0.15, 0.2) is 24.3 Å². The zero-order valence-electron chi connectivity index (χ0n) is 13.6. The Labute approximate surface area is 124 Å². The number of hydrogen-bond acceptors (Lipinski definition) is 3. The Balaban J connectivity index is 2.80. The van der Waals surface area contributed by atoms with E-state index < -0.39 is 0 Å². The largest absolute Gasteiger partial charge is 0.385 e. The highest BCUT2D eigenvalue weighted by Crippen LogP contribution is 2.26. The highest BCUT2D eigenvalue weighted by Gasteiger charge is 2.18. The zero-order valence-corrected chi connectivity index (χ0v) is 13.6. The molecule has 0 saturated heterocycles. The average molecular weight is 278 g/mol. The number of nitrogens with zero attached hydrogens (tertiary/aromatic N) is 1. The molecule has 0 amide bonds. The van der Waals surface area contributed by atoms with Gasteiger partial charge in [0, 0.05) is 39.5 Å². The molecule has 0 aliphatic rings. The molecule has 20 heavy (non-hydrogen) atoms. The molecule has 1 aromatic carbocycles. The molecule has 3 heteroatoms. The molecule has 1 aromatic rings. The van der Waals surface area contributed by atoms with E-state index in [9.17, 15) is 0 Å². The Kier molecular flexibility index (Phi) is 7.63. The van der Waals surface area contributed by atoms with Crippen LogP contribution in [-0.2, 0) is 4.74 Å². The first-order chi connectivity index (χ1) is 9.60. The molecule has 3 nitrogen and oxygen atoms in total. The highest BCUT2D eigenvalue weighted by molar-refractivity contribution is 5.46. The second-order valence-electron chi connectivity index (χ2n) is 5.68. The van der Waals surface area contributed by atoms with Crippen molar-refractivity contribution in [2.75, 3.05) is 39.3 Å². The first-order valence-electron chi connectivity index (χ1n) is 7.59. The molecule has 0 bridgehead atoms. The Bertz CT molecular complexity index is 362. The molecule has 0 aromatic heterocycles. The predicted octanol–water partition coefficient (Wildman–Crippen LogP) is 3.47. The van der Waals surface area contributed by atoms with Crippen LogP contribution < -0.4 is 10.2 Å². The Hall–Kier alpha value is -1.06. The molecule has 2 unspecified atom stereocenters. The molecule has 1 rings (SSSR count). The third-order valence-corrected chi connectivity index (χ3v) is 3.73. The van der Waals surface area contributed by atoms with Crippen molar-refractivity contribution in [3.05, 3.63) is 29.8 Å². The van der Waals surface area contributed by atoms with Crippen molar-refractivity contribution >= 4 is 5.69 Å². The third-order valence-electron chi connectivity index (χ3n) is 3.73. The number of anilines is 1. The van der Waals surface area contributed by atoms with Crippen LogP contribution >= 0.6 is 0 Å². The first-order valence-corrected chi connectivity index (χ1v) is 7.59.